The Morgan fingerprint density at radius 2 is 0.660 bits per heavy atom. The van der Waals surface area contributed by atoms with Crippen molar-refractivity contribution in [1.82, 2.24) is 9.13 Å². The second kappa shape index (κ2) is 10.7. The van der Waals surface area contributed by atoms with Crippen molar-refractivity contribution in [3.05, 3.63) is 119 Å². The Morgan fingerprint density at radius 3 is 0.880 bits per heavy atom. The van der Waals surface area contributed by atoms with Gasteiger partial charge in [-0.2, -0.15) is 57.9 Å². The van der Waals surface area contributed by atoms with Gasteiger partial charge in [-0.3, -0.25) is 0 Å². The molecule has 0 unspecified atom stereocenters. The minimum atomic E-state index is -4.85. The van der Waals surface area contributed by atoms with E-state index in [1.54, 1.807) is 0 Å². The Morgan fingerprint density at radius 1 is 0.400 bits per heavy atom. The summed E-state index contributed by atoms with van der Waals surface area (Å²) in [5, 5.41) is 9.65. The minimum Gasteiger partial charge on any atom is -0.308 e. The molecule has 3 nitrogen and oxygen atoms in total. The second-order valence-electron chi connectivity index (χ2n) is 11.4. The Kier molecular flexibility index (Phi) is 7.02. The number of alkyl halides is 12. The number of nitrogens with zero attached hydrogens (tertiary/aromatic N) is 3. The predicted molar refractivity (Wildman–Crippen MR) is 160 cm³/mol. The van der Waals surface area contributed by atoms with Crippen molar-refractivity contribution in [2.45, 2.75) is 24.7 Å². The number of benzene rings is 5. The molecule has 0 bridgehead atoms. The number of fused-ring (bicyclic) bond motifs is 6. The SMILES string of the molecule is N#Cc1c(-n2c3ccc(C(F)(F)F)cc3c3cc(C(F)(F)F)ccc32)cccc1-n1c2ccc(C(F)(F)F)cc2c2cc(C(F)(F)F)ccc21. The lowest BCUT2D eigenvalue weighted by atomic mass is 10.1. The van der Waals surface area contributed by atoms with E-state index < -0.39 is 47.0 Å². The summed E-state index contributed by atoms with van der Waals surface area (Å²) in [6.45, 7) is 0. The van der Waals surface area contributed by atoms with Gasteiger partial charge in [-0.15, -0.1) is 0 Å². The Labute approximate surface area is 271 Å². The number of halogens is 12. The highest BCUT2D eigenvalue weighted by atomic mass is 19.4. The lowest BCUT2D eigenvalue weighted by molar-refractivity contribution is -0.138. The van der Waals surface area contributed by atoms with Gasteiger partial charge in [0.25, 0.3) is 0 Å². The summed E-state index contributed by atoms with van der Waals surface area (Å²) in [7, 11) is 0. The number of hydrogen-bond donors (Lipinski definition) is 0. The van der Waals surface area contributed by atoms with Crippen molar-refractivity contribution in [3.8, 4) is 17.4 Å². The van der Waals surface area contributed by atoms with E-state index in [9.17, 15) is 57.9 Å². The maximum Gasteiger partial charge on any atom is 0.416 e. The highest BCUT2D eigenvalue weighted by Crippen LogP contribution is 2.43. The van der Waals surface area contributed by atoms with Crippen LogP contribution in [-0.2, 0) is 24.7 Å². The first kappa shape index (κ1) is 32.9. The number of aromatic nitrogens is 2. The Bertz CT molecular complexity index is 2240. The van der Waals surface area contributed by atoms with Gasteiger partial charge in [0.2, 0.25) is 0 Å². The van der Waals surface area contributed by atoms with Crippen molar-refractivity contribution in [2.24, 2.45) is 0 Å². The summed E-state index contributed by atoms with van der Waals surface area (Å²) in [6, 6.07) is 15.9. The first-order chi connectivity index (χ1) is 23.3. The van der Waals surface area contributed by atoms with Crippen LogP contribution >= 0.6 is 0 Å². The van der Waals surface area contributed by atoms with Crippen molar-refractivity contribution in [1.29, 1.82) is 5.26 Å². The molecular weight excluding hydrogens is 690 g/mol. The average molecular weight is 706 g/mol. The smallest absolute Gasteiger partial charge is 0.308 e. The molecule has 0 N–H and O–H groups in total. The topological polar surface area (TPSA) is 33.6 Å². The molecule has 50 heavy (non-hydrogen) atoms. The molecule has 0 spiro atoms. The molecule has 7 rings (SSSR count). The Balaban J connectivity index is 1.57. The van der Waals surface area contributed by atoms with E-state index >= 15 is 0 Å². The van der Waals surface area contributed by atoms with Crippen LogP contribution < -0.4 is 0 Å². The summed E-state index contributed by atoms with van der Waals surface area (Å²) in [5.41, 5.74) is -4.88. The third kappa shape index (κ3) is 5.17. The minimum absolute atomic E-state index is 0.00663. The van der Waals surface area contributed by atoms with Crippen LogP contribution in [0.2, 0.25) is 0 Å². The molecule has 2 heterocycles. The number of rotatable bonds is 2. The number of nitriles is 1. The molecule has 0 atom stereocenters. The molecule has 0 saturated carbocycles. The van der Waals surface area contributed by atoms with Crippen molar-refractivity contribution in [2.75, 3.05) is 0 Å². The molecular formula is C35H15F12N3. The number of hydrogen-bond acceptors (Lipinski definition) is 1. The maximum atomic E-state index is 13.7. The van der Waals surface area contributed by atoms with Gasteiger partial charge in [0, 0.05) is 21.5 Å². The van der Waals surface area contributed by atoms with Crippen molar-refractivity contribution in [3.63, 3.8) is 0 Å². The zero-order valence-electron chi connectivity index (χ0n) is 24.5. The van der Waals surface area contributed by atoms with E-state index in [1.165, 1.54) is 27.3 Å². The molecule has 15 heteroatoms. The van der Waals surface area contributed by atoms with Crippen LogP contribution in [0.1, 0.15) is 27.8 Å². The molecule has 0 aliphatic carbocycles. The van der Waals surface area contributed by atoms with E-state index in [1.807, 2.05) is 6.07 Å². The van der Waals surface area contributed by atoms with Gasteiger partial charge in [0.05, 0.1) is 55.7 Å². The van der Waals surface area contributed by atoms with E-state index in [0.717, 1.165) is 48.5 Å². The highest BCUT2D eigenvalue weighted by Gasteiger charge is 2.35. The van der Waals surface area contributed by atoms with Crippen LogP contribution in [0.5, 0.6) is 0 Å². The lowest BCUT2D eigenvalue weighted by Crippen LogP contribution is -2.06. The fourth-order valence-corrected chi connectivity index (χ4v) is 6.29. The van der Waals surface area contributed by atoms with Crippen LogP contribution in [0.3, 0.4) is 0 Å². The van der Waals surface area contributed by atoms with Crippen LogP contribution in [0, 0.1) is 11.3 Å². The zero-order valence-corrected chi connectivity index (χ0v) is 24.5. The van der Waals surface area contributed by atoms with Crippen LogP contribution in [0.4, 0.5) is 52.7 Å². The summed E-state index contributed by atoms with van der Waals surface area (Å²) < 4.78 is 167. The van der Waals surface area contributed by atoms with Gasteiger partial charge < -0.3 is 9.13 Å². The molecule has 2 aromatic heterocycles. The van der Waals surface area contributed by atoms with Crippen molar-refractivity contribution < 1.29 is 52.7 Å². The molecule has 0 fully saturated rings. The molecule has 7 aromatic rings. The van der Waals surface area contributed by atoms with Gasteiger partial charge >= 0.3 is 24.7 Å². The molecule has 0 saturated heterocycles. The molecule has 0 aliphatic rings. The van der Waals surface area contributed by atoms with E-state index in [0.29, 0.717) is 24.3 Å². The maximum absolute atomic E-state index is 13.7. The van der Waals surface area contributed by atoms with Crippen molar-refractivity contribution >= 4 is 43.6 Å². The summed E-state index contributed by atoms with van der Waals surface area (Å²) >= 11 is 0. The fraction of sp³-hybridized carbons (Fsp3) is 0.114. The molecule has 0 aliphatic heterocycles. The quantitative estimate of drug-likeness (QED) is 0.165. The van der Waals surface area contributed by atoms with Gasteiger partial charge in [-0.1, -0.05) is 6.07 Å². The highest BCUT2D eigenvalue weighted by molar-refractivity contribution is 6.11. The standard InChI is InChI=1S/C35H15F12N3/c36-32(37,38)17-4-8-28-21(12-17)22-13-18(33(39,40)41)5-9-29(22)49(28)26-2-1-3-27(25(26)16-48)50-30-10-6-19(34(42,43)44)14-23(30)24-15-20(35(45,46)47)7-11-31(24)50/h1-15H. The van der Waals surface area contributed by atoms with E-state index in [2.05, 4.69) is 0 Å². The lowest BCUT2D eigenvalue weighted by Gasteiger charge is -2.16. The monoisotopic (exact) mass is 705 g/mol. The fourth-order valence-electron chi connectivity index (χ4n) is 6.29. The first-order valence-electron chi connectivity index (χ1n) is 14.3. The van der Waals surface area contributed by atoms with Gasteiger partial charge in [-0.25, -0.2) is 0 Å². The van der Waals surface area contributed by atoms with Crippen LogP contribution in [-0.4, -0.2) is 9.13 Å². The van der Waals surface area contributed by atoms with Gasteiger partial charge in [0.15, 0.2) is 0 Å². The van der Waals surface area contributed by atoms with Crippen LogP contribution in [0.15, 0.2) is 91.0 Å². The predicted octanol–water partition coefficient (Wildman–Crippen LogP) is 11.8. The zero-order chi connectivity index (χ0) is 36.1. The summed E-state index contributed by atoms with van der Waals surface area (Å²) in [4.78, 5) is 0. The molecule has 254 valence electrons. The normalized spacial score (nSPS) is 13.2. The Hall–Kier alpha value is -5.65. The summed E-state index contributed by atoms with van der Waals surface area (Å²) in [6.07, 6.45) is -19.4. The summed E-state index contributed by atoms with van der Waals surface area (Å²) in [5.74, 6) is 0. The largest absolute Gasteiger partial charge is 0.416 e. The average Bonchev–Trinajstić information content (AvgIpc) is 3.54. The van der Waals surface area contributed by atoms with E-state index in [4.69, 9.17) is 0 Å². The molecule has 5 aromatic carbocycles. The second-order valence-corrected chi connectivity index (χ2v) is 11.4. The first-order valence-corrected chi connectivity index (χ1v) is 14.3. The molecule has 0 amide bonds. The van der Waals surface area contributed by atoms with Crippen LogP contribution in [0.25, 0.3) is 55.0 Å². The van der Waals surface area contributed by atoms with Gasteiger partial charge in [-0.05, 0) is 84.9 Å². The van der Waals surface area contributed by atoms with Gasteiger partial charge in [0.1, 0.15) is 11.6 Å². The van der Waals surface area contributed by atoms with E-state index in [-0.39, 0.29) is 60.5 Å². The third-order valence-electron chi connectivity index (χ3n) is 8.45. The third-order valence-corrected chi connectivity index (χ3v) is 8.45. The molecule has 0 radical (unpaired) electrons.